The summed E-state index contributed by atoms with van der Waals surface area (Å²) >= 11 is 0. The van der Waals surface area contributed by atoms with Crippen molar-refractivity contribution in [1.82, 2.24) is 14.9 Å². The zero-order valence-electron chi connectivity index (χ0n) is 14.8. The summed E-state index contributed by atoms with van der Waals surface area (Å²) in [5.41, 5.74) is 1.44. The highest BCUT2D eigenvalue weighted by Gasteiger charge is 2.35. The lowest BCUT2D eigenvalue weighted by atomic mass is 10.1. The quantitative estimate of drug-likeness (QED) is 0.771. The highest BCUT2D eigenvalue weighted by atomic mass is 16.2. The Bertz CT molecular complexity index is 1000. The Balaban J connectivity index is 1.57. The first-order chi connectivity index (χ1) is 12.6. The molecular weight excluding hydrogens is 328 g/mol. The molecule has 6 heteroatoms. The van der Waals surface area contributed by atoms with Gasteiger partial charge in [0.05, 0.1) is 12.2 Å². The van der Waals surface area contributed by atoms with Gasteiger partial charge in [0.15, 0.2) is 0 Å². The monoisotopic (exact) mass is 348 g/mol. The summed E-state index contributed by atoms with van der Waals surface area (Å²) in [7, 11) is 0. The predicted molar refractivity (Wildman–Crippen MR) is 100.0 cm³/mol. The average molecular weight is 348 g/mol. The van der Waals surface area contributed by atoms with E-state index in [4.69, 9.17) is 0 Å². The Morgan fingerprint density at radius 2 is 2.00 bits per heavy atom. The number of aryl methyl sites for hydroxylation is 1. The number of rotatable bonds is 5. The minimum atomic E-state index is -0.606. The summed E-state index contributed by atoms with van der Waals surface area (Å²) in [6.45, 7) is 4.91. The van der Waals surface area contributed by atoms with E-state index < -0.39 is 6.04 Å². The highest BCUT2D eigenvalue weighted by molar-refractivity contribution is 6.26. The number of anilines is 1. The second kappa shape index (κ2) is 6.29. The van der Waals surface area contributed by atoms with E-state index in [9.17, 15) is 9.59 Å². The van der Waals surface area contributed by atoms with Gasteiger partial charge in [-0.05, 0) is 31.4 Å². The maximum absolute atomic E-state index is 12.9. The van der Waals surface area contributed by atoms with Crippen LogP contribution in [0.25, 0.3) is 10.8 Å². The summed E-state index contributed by atoms with van der Waals surface area (Å²) in [5.74, 6) is 0.467. The van der Waals surface area contributed by atoms with Gasteiger partial charge in [-0.2, -0.15) is 0 Å². The summed E-state index contributed by atoms with van der Waals surface area (Å²) in [6.07, 6.45) is 3.60. The second-order valence-electron chi connectivity index (χ2n) is 6.38. The van der Waals surface area contributed by atoms with Crippen molar-refractivity contribution in [1.29, 1.82) is 0 Å². The van der Waals surface area contributed by atoms with Crippen LogP contribution >= 0.6 is 0 Å². The van der Waals surface area contributed by atoms with Crippen molar-refractivity contribution in [3.63, 3.8) is 0 Å². The lowest BCUT2D eigenvalue weighted by Gasteiger charge is -2.24. The number of amides is 2. The lowest BCUT2D eigenvalue weighted by molar-refractivity contribution is -0.122. The average Bonchev–Trinajstić information content (AvgIpc) is 3.23. The van der Waals surface area contributed by atoms with Crippen LogP contribution in [0.4, 0.5) is 5.69 Å². The molecule has 1 atom stereocenters. The van der Waals surface area contributed by atoms with Crippen molar-refractivity contribution in [3.8, 4) is 0 Å². The molecule has 1 aromatic heterocycles. The van der Waals surface area contributed by atoms with Gasteiger partial charge in [0, 0.05) is 29.9 Å². The normalized spacial score (nSPS) is 14.1. The van der Waals surface area contributed by atoms with Gasteiger partial charge < -0.3 is 9.88 Å². The predicted octanol–water partition coefficient (Wildman–Crippen LogP) is 2.72. The number of carbonyl (C=O) groups excluding carboxylic acids is 2. The van der Waals surface area contributed by atoms with E-state index in [2.05, 4.69) is 10.3 Å². The molecule has 0 radical (unpaired) electrons. The highest BCUT2D eigenvalue weighted by Crippen LogP contribution is 2.38. The third kappa shape index (κ3) is 2.45. The second-order valence-corrected chi connectivity index (χ2v) is 6.38. The molecule has 0 bridgehead atoms. The molecule has 6 nitrogen and oxygen atoms in total. The van der Waals surface area contributed by atoms with Crippen molar-refractivity contribution >= 4 is 28.3 Å². The molecule has 1 aliphatic rings. The van der Waals surface area contributed by atoms with Crippen LogP contribution in [0.2, 0.25) is 0 Å². The lowest BCUT2D eigenvalue weighted by Crippen LogP contribution is -2.46. The maximum atomic E-state index is 12.9. The van der Waals surface area contributed by atoms with Crippen LogP contribution in [-0.4, -0.2) is 27.4 Å². The number of hydrogen-bond acceptors (Lipinski definition) is 3. The summed E-state index contributed by atoms with van der Waals surface area (Å²) in [6, 6.07) is 10.9. The Morgan fingerprint density at radius 3 is 2.77 bits per heavy atom. The van der Waals surface area contributed by atoms with Gasteiger partial charge in [-0.3, -0.25) is 14.5 Å². The first-order valence-electron chi connectivity index (χ1n) is 8.75. The van der Waals surface area contributed by atoms with Gasteiger partial charge in [-0.15, -0.1) is 0 Å². The largest absolute Gasteiger partial charge is 0.347 e. The van der Waals surface area contributed by atoms with E-state index in [-0.39, 0.29) is 11.8 Å². The van der Waals surface area contributed by atoms with Crippen LogP contribution in [0.1, 0.15) is 30.0 Å². The molecule has 2 heterocycles. The molecule has 0 saturated carbocycles. The minimum Gasteiger partial charge on any atom is -0.347 e. The third-order valence-electron chi connectivity index (χ3n) is 4.92. The topological polar surface area (TPSA) is 67.2 Å². The zero-order valence-corrected chi connectivity index (χ0v) is 14.8. The molecular formula is C20H20N4O2. The molecule has 1 aliphatic heterocycles. The van der Waals surface area contributed by atoms with E-state index in [0.29, 0.717) is 12.1 Å². The van der Waals surface area contributed by atoms with Crippen molar-refractivity contribution in [2.75, 3.05) is 4.90 Å². The number of hydrogen-bond donors (Lipinski definition) is 1. The molecule has 4 rings (SSSR count). The van der Waals surface area contributed by atoms with E-state index in [1.807, 2.05) is 54.1 Å². The van der Waals surface area contributed by atoms with Crippen molar-refractivity contribution in [3.05, 3.63) is 60.2 Å². The molecule has 2 aromatic carbocycles. The molecule has 3 aromatic rings. The van der Waals surface area contributed by atoms with Crippen LogP contribution in [0, 0.1) is 0 Å². The molecule has 2 amide bonds. The van der Waals surface area contributed by atoms with Gasteiger partial charge in [-0.25, -0.2) is 4.98 Å². The van der Waals surface area contributed by atoms with Crippen LogP contribution < -0.4 is 10.2 Å². The van der Waals surface area contributed by atoms with E-state index in [0.717, 1.165) is 28.8 Å². The number of imidazole rings is 1. The molecule has 26 heavy (non-hydrogen) atoms. The fourth-order valence-corrected chi connectivity index (χ4v) is 3.55. The summed E-state index contributed by atoms with van der Waals surface area (Å²) in [5, 5.41) is 4.83. The van der Waals surface area contributed by atoms with Crippen LogP contribution in [-0.2, 0) is 17.9 Å². The smallest absolute Gasteiger partial charge is 0.259 e. The Labute approximate surface area is 151 Å². The Morgan fingerprint density at radius 1 is 1.23 bits per heavy atom. The van der Waals surface area contributed by atoms with Crippen molar-refractivity contribution < 1.29 is 9.59 Å². The summed E-state index contributed by atoms with van der Waals surface area (Å²) in [4.78, 5) is 31.4. The maximum Gasteiger partial charge on any atom is 0.259 e. The van der Waals surface area contributed by atoms with E-state index in [1.165, 1.54) is 0 Å². The van der Waals surface area contributed by atoms with Crippen molar-refractivity contribution in [2.45, 2.75) is 33.0 Å². The summed E-state index contributed by atoms with van der Waals surface area (Å²) < 4.78 is 1.97. The van der Waals surface area contributed by atoms with Gasteiger partial charge in [-0.1, -0.05) is 24.3 Å². The van der Waals surface area contributed by atoms with Crippen LogP contribution in [0.15, 0.2) is 48.8 Å². The molecule has 0 aliphatic carbocycles. The molecule has 1 N–H and O–H groups in total. The van der Waals surface area contributed by atoms with Gasteiger partial charge >= 0.3 is 0 Å². The van der Waals surface area contributed by atoms with Gasteiger partial charge in [0.2, 0.25) is 5.91 Å². The van der Waals surface area contributed by atoms with E-state index in [1.54, 1.807) is 18.0 Å². The Kier molecular flexibility index (Phi) is 3.95. The Hall–Kier alpha value is -3.15. The molecule has 0 fully saturated rings. The molecule has 132 valence electrons. The third-order valence-corrected chi connectivity index (χ3v) is 4.92. The molecule has 0 spiro atoms. The van der Waals surface area contributed by atoms with Crippen molar-refractivity contribution in [2.24, 2.45) is 0 Å². The first kappa shape index (κ1) is 16.3. The number of nitrogens with one attached hydrogen (secondary N) is 1. The SMILES string of the molecule is CCn1ccnc1CNC(=O)[C@@H](C)N1C(=O)c2cccc3cccc1c23. The van der Waals surface area contributed by atoms with E-state index >= 15 is 0 Å². The standard InChI is InChI=1S/C20H20N4O2/c1-3-23-11-10-21-17(23)12-22-19(25)13(2)24-16-9-5-7-14-6-4-8-15(18(14)16)20(24)26/h4-11,13H,3,12H2,1-2H3,(H,22,25)/t13-/m1/s1. The minimum absolute atomic E-state index is 0.130. The number of benzene rings is 2. The number of nitrogens with zero attached hydrogens (tertiary/aromatic N) is 3. The van der Waals surface area contributed by atoms with Crippen LogP contribution in [0.5, 0.6) is 0 Å². The van der Waals surface area contributed by atoms with Gasteiger partial charge in [0.1, 0.15) is 11.9 Å². The number of aromatic nitrogens is 2. The molecule has 0 saturated heterocycles. The zero-order chi connectivity index (χ0) is 18.3. The molecule has 0 unspecified atom stereocenters. The van der Waals surface area contributed by atoms with Gasteiger partial charge in [0.25, 0.3) is 5.91 Å². The first-order valence-corrected chi connectivity index (χ1v) is 8.75. The fourth-order valence-electron chi connectivity index (χ4n) is 3.55. The number of carbonyl (C=O) groups is 2. The fraction of sp³-hybridized carbons (Fsp3) is 0.250. The van der Waals surface area contributed by atoms with Crippen LogP contribution in [0.3, 0.4) is 0 Å².